The lowest BCUT2D eigenvalue weighted by molar-refractivity contribution is -0.709. The Morgan fingerprint density at radius 3 is 2.83 bits per heavy atom. The highest BCUT2D eigenvalue weighted by Gasteiger charge is 2.06. The number of hydrogen-bond acceptors (Lipinski definition) is 1. The molecule has 66 valence electrons. The van der Waals surface area contributed by atoms with Crippen LogP contribution in [0.3, 0.4) is 0 Å². The molecule has 0 aliphatic heterocycles. The van der Waals surface area contributed by atoms with Crippen molar-refractivity contribution in [3.63, 3.8) is 0 Å². The lowest BCUT2D eigenvalue weighted by atomic mass is 10.3. The summed E-state index contributed by atoms with van der Waals surface area (Å²) in [4.78, 5) is 0. The molecular weight excluding hydrogens is 174 g/mol. The maximum atomic E-state index is 9.10. The van der Waals surface area contributed by atoms with Crippen LogP contribution >= 0.6 is 0 Å². The van der Waals surface area contributed by atoms with Crippen molar-refractivity contribution in [2.75, 3.05) is 0 Å². The molecule has 0 radical (unpaired) electrons. The van der Waals surface area contributed by atoms with Crippen molar-refractivity contribution < 1.29 is 22.1 Å². The second-order valence-corrected chi connectivity index (χ2v) is 2.49. The Hall–Kier alpha value is -1.02. The van der Waals surface area contributed by atoms with Crippen LogP contribution in [0.4, 0.5) is 0 Å². The minimum Gasteiger partial charge on any atom is -1.00 e. The molecule has 1 aromatic heterocycles. The van der Waals surface area contributed by atoms with Crippen LogP contribution in [0.2, 0.25) is 0 Å². The highest BCUT2D eigenvalue weighted by atomic mass is 35.5. The number of aromatic hydroxyl groups is 1. The molecule has 0 spiro atoms. The first-order valence-electron chi connectivity index (χ1n) is 3.56. The number of pyridine rings is 1. The smallest absolute Gasteiger partial charge is 0.211 e. The Kier molecular flexibility index (Phi) is 4.37. The zero-order chi connectivity index (χ0) is 8.27. The summed E-state index contributed by atoms with van der Waals surface area (Å²) in [5, 5.41) is 9.10. The van der Waals surface area contributed by atoms with Crippen LogP contribution in [0.15, 0.2) is 37.2 Å². The number of nitrogens with zero attached hydrogens (tertiary/aromatic N) is 1. The second kappa shape index (κ2) is 4.78. The molecule has 1 aromatic rings. The standard InChI is InChI=1S/C9H11NO.ClH/c1-3-8(2)10-6-4-5-9(11)7-10;/h3-8H,1H2,2H3;1H. The van der Waals surface area contributed by atoms with Crippen molar-refractivity contribution in [3.05, 3.63) is 37.2 Å². The molecule has 1 N–H and O–H groups in total. The molecule has 3 heteroatoms. The van der Waals surface area contributed by atoms with Gasteiger partial charge in [0.1, 0.15) is 0 Å². The van der Waals surface area contributed by atoms with Crippen molar-refractivity contribution in [2.24, 2.45) is 0 Å². The summed E-state index contributed by atoms with van der Waals surface area (Å²) in [5.74, 6) is 0.279. The van der Waals surface area contributed by atoms with Gasteiger partial charge < -0.3 is 17.5 Å². The van der Waals surface area contributed by atoms with E-state index in [1.54, 1.807) is 18.3 Å². The Morgan fingerprint density at radius 1 is 1.67 bits per heavy atom. The molecule has 0 amide bonds. The molecule has 0 aliphatic rings. The molecule has 0 saturated heterocycles. The molecular formula is C9H12ClNO. The van der Waals surface area contributed by atoms with Crippen molar-refractivity contribution in [1.29, 1.82) is 0 Å². The van der Waals surface area contributed by atoms with Crippen LogP contribution in [0.25, 0.3) is 0 Å². The average Bonchev–Trinajstić information content (AvgIpc) is 2.03. The highest BCUT2D eigenvalue weighted by Crippen LogP contribution is 2.03. The van der Waals surface area contributed by atoms with Crippen LogP contribution in [0.5, 0.6) is 5.75 Å². The van der Waals surface area contributed by atoms with Crippen LogP contribution in [-0.2, 0) is 0 Å². The molecule has 0 saturated carbocycles. The van der Waals surface area contributed by atoms with Crippen LogP contribution in [-0.4, -0.2) is 5.11 Å². The molecule has 0 fully saturated rings. The first-order chi connectivity index (χ1) is 5.24. The predicted octanol–water partition coefficient (Wildman–Crippen LogP) is -1.57. The summed E-state index contributed by atoms with van der Waals surface area (Å²) in [6.07, 6.45) is 5.39. The van der Waals surface area contributed by atoms with E-state index < -0.39 is 0 Å². The monoisotopic (exact) mass is 185 g/mol. The van der Waals surface area contributed by atoms with Gasteiger partial charge in [-0.3, -0.25) is 0 Å². The van der Waals surface area contributed by atoms with E-state index in [1.165, 1.54) is 0 Å². The molecule has 12 heavy (non-hydrogen) atoms. The summed E-state index contributed by atoms with van der Waals surface area (Å²) in [6.45, 7) is 5.67. The van der Waals surface area contributed by atoms with E-state index in [2.05, 4.69) is 6.58 Å². The van der Waals surface area contributed by atoms with E-state index in [-0.39, 0.29) is 24.2 Å². The fourth-order valence-electron chi connectivity index (χ4n) is 0.855. The van der Waals surface area contributed by atoms with Gasteiger partial charge in [-0.1, -0.05) is 6.58 Å². The highest BCUT2D eigenvalue weighted by molar-refractivity contribution is 5.09. The van der Waals surface area contributed by atoms with Crippen LogP contribution < -0.4 is 17.0 Å². The fraction of sp³-hybridized carbons (Fsp3) is 0.222. The Balaban J connectivity index is 0.00000121. The van der Waals surface area contributed by atoms with E-state index in [0.717, 1.165) is 0 Å². The predicted molar refractivity (Wildman–Crippen MR) is 43.2 cm³/mol. The maximum Gasteiger partial charge on any atom is 0.211 e. The Morgan fingerprint density at radius 2 is 2.33 bits per heavy atom. The van der Waals surface area contributed by atoms with E-state index >= 15 is 0 Å². The van der Waals surface area contributed by atoms with E-state index in [9.17, 15) is 0 Å². The summed E-state index contributed by atoms with van der Waals surface area (Å²) < 4.78 is 1.89. The maximum absolute atomic E-state index is 9.10. The van der Waals surface area contributed by atoms with Crippen molar-refractivity contribution in [3.8, 4) is 5.75 Å². The van der Waals surface area contributed by atoms with Gasteiger partial charge in [0.05, 0.1) is 0 Å². The molecule has 1 heterocycles. The summed E-state index contributed by atoms with van der Waals surface area (Å²) >= 11 is 0. The Labute approximate surface area is 78.6 Å². The van der Waals surface area contributed by atoms with Crippen LogP contribution in [0.1, 0.15) is 13.0 Å². The number of allylic oxidation sites excluding steroid dienone is 1. The summed E-state index contributed by atoms with van der Waals surface area (Å²) in [6, 6.07) is 3.67. The van der Waals surface area contributed by atoms with Gasteiger partial charge in [0, 0.05) is 13.0 Å². The SMILES string of the molecule is C=CC(C)[n+]1cccc(O)c1.[Cl-]. The molecule has 1 rings (SSSR count). The van der Waals surface area contributed by atoms with Gasteiger partial charge in [0.25, 0.3) is 0 Å². The van der Waals surface area contributed by atoms with Gasteiger partial charge in [-0.25, -0.2) is 0 Å². The number of aromatic nitrogens is 1. The third kappa shape index (κ3) is 2.55. The van der Waals surface area contributed by atoms with Gasteiger partial charge >= 0.3 is 0 Å². The van der Waals surface area contributed by atoms with Crippen molar-refractivity contribution >= 4 is 0 Å². The van der Waals surface area contributed by atoms with Gasteiger partial charge in [-0.15, -0.1) is 0 Å². The molecule has 0 aliphatic carbocycles. The van der Waals surface area contributed by atoms with Crippen LogP contribution in [0, 0.1) is 0 Å². The number of halogens is 1. The summed E-state index contributed by atoms with van der Waals surface area (Å²) in [5.41, 5.74) is 0. The quantitative estimate of drug-likeness (QED) is 0.437. The molecule has 0 bridgehead atoms. The van der Waals surface area contributed by atoms with Crippen molar-refractivity contribution in [1.82, 2.24) is 0 Å². The zero-order valence-corrected chi connectivity index (χ0v) is 7.70. The topological polar surface area (TPSA) is 24.1 Å². The molecule has 1 atom stereocenters. The Bertz CT molecular complexity index is 262. The number of hydrogen-bond donors (Lipinski definition) is 1. The lowest BCUT2D eigenvalue weighted by Gasteiger charge is -1.99. The third-order valence-electron chi connectivity index (χ3n) is 1.62. The minimum atomic E-state index is 0. The normalized spacial score (nSPS) is 11.4. The van der Waals surface area contributed by atoms with E-state index in [0.29, 0.717) is 0 Å². The second-order valence-electron chi connectivity index (χ2n) is 2.49. The average molecular weight is 186 g/mol. The zero-order valence-electron chi connectivity index (χ0n) is 6.94. The van der Waals surface area contributed by atoms with Gasteiger partial charge in [-0.2, -0.15) is 4.57 Å². The number of rotatable bonds is 2. The van der Waals surface area contributed by atoms with Gasteiger partial charge in [-0.05, 0) is 12.1 Å². The van der Waals surface area contributed by atoms with Gasteiger partial charge in [0.2, 0.25) is 6.20 Å². The minimum absolute atomic E-state index is 0. The first kappa shape index (κ1) is 11.0. The van der Waals surface area contributed by atoms with Gasteiger partial charge in [0.15, 0.2) is 18.0 Å². The van der Waals surface area contributed by atoms with E-state index in [1.807, 2.05) is 23.8 Å². The van der Waals surface area contributed by atoms with Crippen molar-refractivity contribution in [2.45, 2.75) is 13.0 Å². The molecule has 0 aromatic carbocycles. The fourth-order valence-corrected chi connectivity index (χ4v) is 0.855. The largest absolute Gasteiger partial charge is 1.00 e. The summed E-state index contributed by atoms with van der Waals surface area (Å²) in [7, 11) is 0. The first-order valence-corrected chi connectivity index (χ1v) is 3.56. The molecule has 1 unspecified atom stereocenters. The molecule has 2 nitrogen and oxygen atoms in total. The van der Waals surface area contributed by atoms with E-state index in [4.69, 9.17) is 5.11 Å². The third-order valence-corrected chi connectivity index (χ3v) is 1.62. The lowest BCUT2D eigenvalue weighted by Crippen LogP contribution is -3.00.